The lowest BCUT2D eigenvalue weighted by Gasteiger charge is -2.25. The van der Waals surface area contributed by atoms with Gasteiger partial charge in [0.2, 0.25) is 0 Å². The van der Waals surface area contributed by atoms with Crippen LogP contribution in [0.25, 0.3) is 0 Å². The second kappa shape index (κ2) is 6.77. The summed E-state index contributed by atoms with van der Waals surface area (Å²) in [6, 6.07) is 6.01. The van der Waals surface area contributed by atoms with Gasteiger partial charge in [-0.15, -0.1) is 13.2 Å². The van der Waals surface area contributed by atoms with Crippen molar-refractivity contribution in [1.82, 2.24) is 4.90 Å². The van der Waals surface area contributed by atoms with Gasteiger partial charge in [-0.3, -0.25) is 4.90 Å². The van der Waals surface area contributed by atoms with E-state index in [0.717, 1.165) is 5.56 Å². The van der Waals surface area contributed by atoms with Gasteiger partial charge in [0.25, 0.3) is 0 Å². The molecule has 0 heterocycles. The van der Waals surface area contributed by atoms with Crippen LogP contribution < -0.4 is 4.74 Å². The zero-order valence-corrected chi connectivity index (χ0v) is 10.9. The number of ether oxygens (including phenoxy) is 1. The van der Waals surface area contributed by atoms with Crippen LogP contribution in [0.1, 0.15) is 19.4 Å². The number of rotatable bonds is 6. The predicted octanol–water partition coefficient (Wildman–Crippen LogP) is 2.79. The maximum absolute atomic E-state index is 12.0. The molecule has 3 nitrogen and oxygen atoms in total. The fourth-order valence-electron chi connectivity index (χ4n) is 1.68. The van der Waals surface area contributed by atoms with Crippen molar-refractivity contribution in [2.45, 2.75) is 32.8 Å². The van der Waals surface area contributed by atoms with Crippen molar-refractivity contribution in [2.75, 3.05) is 13.2 Å². The summed E-state index contributed by atoms with van der Waals surface area (Å²) in [5.74, 6) is -0.227. The summed E-state index contributed by atoms with van der Waals surface area (Å²) in [4.78, 5) is 2.03. The summed E-state index contributed by atoms with van der Waals surface area (Å²) in [5.41, 5.74) is 0.872. The topological polar surface area (TPSA) is 32.7 Å². The Kier molecular flexibility index (Phi) is 5.62. The molecule has 0 saturated heterocycles. The minimum absolute atomic E-state index is 0.0491. The molecule has 0 bridgehead atoms. The van der Waals surface area contributed by atoms with E-state index in [4.69, 9.17) is 5.11 Å². The molecule has 1 rings (SSSR count). The molecule has 0 amide bonds. The second-order valence-corrected chi connectivity index (χ2v) is 4.48. The molecule has 0 spiro atoms. The van der Waals surface area contributed by atoms with Crippen LogP contribution in [0.5, 0.6) is 5.75 Å². The second-order valence-electron chi connectivity index (χ2n) is 4.48. The fraction of sp³-hybridized carbons (Fsp3) is 0.538. The van der Waals surface area contributed by atoms with Crippen LogP contribution in [-0.4, -0.2) is 35.6 Å². The van der Waals surface area contributed by atoms with Crippen molar-refractivity contribution < 1.29 is 23.0 Å². The first kappa shape index (κ1) is 15.8. The van der Waals surface area contributed by atoms with Gasteiger partial charge in [0.15, 0.2) is 0 Å². The van der Waals surface area contributed by atoms with Gasteiger partial charge in [-0.05, 0) is 31.5 Å². The molecule has 0 radical (unpaired) electrons. The quantitative estimate of drug-likeness (QED) is 0.868. The van der Waals surface area contributed by atoms with E-state index < -0.39 is 6.36 Å². The smallest absolute Gasteiger partial charge is 0.406 e. The summed E-state index contributed by atoms with van der Waals surface area (Å²) in [6.07, 6.45) is -4.66. The number of nitrogens with zero attached hydrogens (tertiary/aromatic N) is 1. The number of aliphatic hydroxyl groups excluding tert-OH is 1. The zero-order valence-electron chi connectivity index (χ0n) is 10.9. The van der Waals surface area contributed by atoms with Gasteiger partial charge in [-0.1, -0.05) is 12.1 Å². The molecule has 0 saturated carbocycles. The Balaban J connectivity index is 2.65. The number of hydrogen-bond acceptors (Lipinski definition) is 3. The average Bonchev–Trinajstić information content (AvgIpc) is 2.29. The molecule has 1 aromatic rings. The van der Waals surface area contributed by atoms with Crippen LogP contribution in [0.15, 0.2) is 24.3 Å². The number of halogens is 3. The van der Waals surface area contributed by atoms with Crippen molar-refractivity contribution in [3.63, 3.8) is 0 Å². The van der Waals surface area contributed by atoms with Gasteiger partial charge in [0.1, 0.15) is 5.75 Å². The standard InChI is InChI=1S/C13H18F3NO2/c1-10(2)17(7-8-18)9-11-3-5-12(6-4-11)19-13(14,15)16/h3-6,10,18H,7-9H2,1-2H3. The summed E-state index contributed by atoms with van der Waals surface area (Å²) < 4.78 is 39.8. The Morgan fingerprint density at radius 2 is 1.79 bits per heavy atom. The highest BCUT2D eigenvalue weighted by Crippen LogP contribution is 2.23. The molecule has 0 aromatic heterocycles. The third kappa shape index (κ3) is 5.94. The predicted molar refractivity (Wildman–Crippen MR) is 65.8 cm³/mol. The van der Waals surface area contributed by atoms with Crippen LogP contribution in [0.4, 0.5) is 13.2 Å². The van der Waals surface area contributed by atoms with E-state index in [9.17, 15) is 13.2 Å². The normalized spacial score (nSPS) is 12.2. The van der Waals surface area contributed by atoms with Crippen LogP contribution in [-0.2, 0) is 6.54 Å². The van der Waals surface area contributed by atoms with E-state index in [-0.39, 0.29) is 18.4 Å². The molecule has 0 aliphatic carbocycles. The highest BCUT2D eigenvalue weighted by molar-refractivity contribution is 5.27. The van der Waals surface area contributed by atoms with Crippen LogP contribution >= 0.6 is 0 Å². The minimum atomic E-state index is -4.66. The van der Waals surface area contributed by atoms with E-state index >= 15 is 0 Å². The van der Waals surface area contributed by atoms with Crippen LogP contribution in [0, 0.1) is 0 Å². The van der Waals surface area contributed by atoms with Gasteiger partial charge >= 0.3 is 6.36 Å². The summed E-state index contributed by atoms with van der Waals surface area (Å²) in [6.45, 7) is 5.14. The number of alkyl halides is 3. The first-order valence-corrected chi connectivity index (χ1v) is 6.01. The van der Waals surface area contributed by atoms with Crippen LogP contribution in [0.3, 0.4) is 0 Å². The van der Waals surface area contributed by atoms with E-state index in [1.807, 2.05) is 18.7 Å². The lowest BCUT2D eigenvalue weighted by molar-refractivity contribution is -0.274. The highest BCUT2D eigenvalue weighted by Gasteiger charge is 2.30. The van der Waals surface area contributed by atoms with Gasteiger partial charge in [0, 0.05) is 19.1 Å². The lowest BCUT2D eigenvalue weighted by atomic mass is 10.2. The maximum Gasteiger partial charge on any atom is 0.573 e. The molecule has 0 unspecified atom stereocenters. The Bertz CT molecular complexity index is 376. The SMILES string of the molecule is CC(C)N(CCO)Cc1ccc(OC(F)(F)F)cc1. The molecule has 1 aromatic carbocycles. The Morgan fingerprint density at radius 3 is 2.21 bits per heavy atom. The molecule has 0 aliphatic heterocycles. The van der Waals surface area contributed by atoms with E-state index in [0.29, 0.717) is 13.1 Å². The van der Waals surface area contributed by atoms with E-state index in [2.05, 4.69) is 4.74 Å². The van der Waals surface area contributed by atoms with Gasteiger partial charge in [0.05, 0.1) is 6.61 Å². The van der Waals surface area contributed by atoms with Crippen molar-refractivity contribution in [1.29, 1.82) is 0 Å². The van der Waals surface area contributed by atoms with Crippen molar-refractivity contribution >= 4 is 0 Å². The minimum Gasteiger partial charge on any atom is -0.406 e. The van der Waals surface area contributed by atoms with Crippen LogP contribution in [0.2, 0.25) is 0 Å². The third-order valence-electron chi connectivity index (χ3n) is 2.66. The molecular weight excluding hydrogens is 259 g/mol. The Hall–Kier alpha value is -1.27. The Morgan fingerprint density at radius 1 is 1.21 bits per heavy atom. The molecule has 0 aliphatic rings. The summed E-state index contributed by atoms with van der Waals surface area (Å²) >= 11 is 0. The molecule has 0 atom stereocenters. The van der Waals surface area contributed by atoms with Crippen molar-refractivity contribution in [3.8, 4) is 5.75 Å². The zero-order chi connectivity index (χ0) is 14.5. The Labute approximate surface area is 110 Å². The summed E-state index contributed by atoms with van der Waals surface area (Å²) in [7, 11) is 0. The van der Waals surface area contributed by atoms with E-state index in [1.165, 1.54) is 12.1 Å². The van der Waals surface area contributed by atoms with Gasteiger partial charge in [-0.2, -0.15) is 0 Å². The molecule has 0 fully saturated rings. The molecular formula is C13H18F3NO2. The van der Waals surface area contributed by atoms with Crippen molar-refractivity contribution in [3.05, 3.63) is 29.8 Å². The first-order chi connectivity index (χ1) is 8.81. The first-order valence-electron chi connectivity index (χ1n) is 6.01. The molecule has 19 heavy (non-hydrogen) atoms. The van der Waals surface area contributed by atoms with E-state index in [1.54, 1.807) is 12.1 Å². The monoisotopic (exact) mass is 277 g/mol. The highest BCUT2D eigenvalue weighted by atomic mass is 19.4. The number of aliphatic hydroxyl groups is 1. The third-order valence-corrected chi connectivity index (χ3v) is 2.66. The molecule has 6 heteroatoms. The lowest BCUT2D eigenvalue weighted by Crippen LogP contribution is -2.32. The fourth-order valence-corrected chi connectivity index (χ4v) is 1.68. The van der Waals surface area contributed by atoms with Gasteiger partial charge < -0.3 is 9.84 Å². The number of hydrogen-bond donors (Lipinski definition) is 1. The largest absolute Gasteiger partial charge is 0.573 e. The summed E-state index contributed by atoms with van der Waals surface area (Å²) in [5, 5.41) is 8.95. The number of benzene rings is 1. The molecule has 1 N–H and O–H groups in total. The van der Waals surface area contributed by atoms with Crippen molar-refractivity contribution in [2.24, 2.45) is 0 Å². The molecule has 108 valence electrons. The van der Waals surface area contributed by atoms with Gasteiger partial charge in [-0.25, -0.2) is 0 Å². The average molecular weight is 277 g/mol. The maximum atomic E-state index is 12.0.